The minimum atomic E-state index is -0.114. The molecule has 0 saturated heterocycles. The average molecular weight is 242 g/mol. The number of hydrogen-bond acceptors (Lipinski definition) is 3. The van der Waals surface area contributed by atoms with Crippen LogP contribution in [0.2, 0.25) is 0 Å². The minimum Gasteiger partial charge on any atom is -0.396 e. The van der Waals surface area contributed by atoms with E-state index in [1.807, 2.05) is 18.2 Å². The van der Waals surface area contributed by atoms with Gasteiger partial charge in [0.15, 0.2) is 0 Å². The third-order valence-corrected chi connectivity index (χ3v) is 3.24. The van der Waals surface area contributed by atoms with Gasteiger partial charge < -0.3 is 10.6 Å². The number of amides is 1. The number of aromatic nitrogens is 2. The first kappa shape index (κ1) is 10.8. The number of nitrogens with two attached hydrogens (primary N) is 1. The SMILES string of the molecule is Nc1cn[nH]c1C(=O)N1CCCc2ccccc21. The monoisotopic (exact) mass is 242 g/mol. The topological polar surface area (TPSA) is 75.0 Å². The molecular weight excluding hydrogens is 228 g/mol. The highest BCUT2D eigenvalue weighted by atomic mass is 16.2. The summed E-state index contributed by atoms with van der Waals surface area (Å²) >= 11 is 0. The van der Waals surface area contributed by atoms with Crippen molar-refractivity contribution < 1.29 is 4.79 Å². The quantitative estimate of drug-likeness (QED) is 0.797. The van der Waals surface area contributed by atoms with Gasteiger partial charge in [-0.05, 0) is 24.5 Å². The smallest absolute Gasteiger partial charge is 0.278 e. The van der Waals surface area contributed by atoms with Crippen molar-refractivity contribution in [3.63, 3.8) is 0 Å². The molecule has 18 heavy (non-hydrogen) atoms. The Morgan fingerprint density at radius 1 is 1.39 bits per heavy atom. The van der Waals surface area contributed by atoms with Crippen LogP contribution in [0.3, 0.4) is 0 Å². The van der Waals surface area contributed by atoms with Crippen LogP contribution in [-0.2, 0) is 6.42 Å². The first-order valence-corrected chi connectivity index (χ1v) is 5.96. The molecule has 2 heterocycles. The van der Waals surface area contributed by atoms with Gasteiger partial charge in [-0.1, -0.05) is 18.2 Å². The summed E-state index contributed by atoms with van der Waals surface area (Å²) < 4.78 is 0. The maximum atomic E-state index is 12.4. The Labute approximate surface area is 105 Å². The van der Waals surface area contributed by atoms with Gasteiger partial charge in [0.2, 0.25) is 0 Å². The van der Waals surface area contributed by atoms with E-state index in [1.54, 1.807) is 4.90 Å². The molecule has 0 spiro atoms. The fourth-order valence-electron chi connectivity index (χ4n) is 2.35. The van der Waals surface area contributed by atoms with Gasteiger partial charge in [0.25, 0.3) is 5.91 Å². The van der Waals surface area contributed by atoms with Crippen LogP contribution < -0.4 is 10.6 Å². The lowest BCUT2D eigenvalue weighted by Gasteiger charge is -2.29. The van der Waals surface area contributed by atoms with E-state index in [2.05, 4.69) is 16.3 Å². The van der Waals surface area contributed by atoms with Crippen LogP contribution in [0.5, 0.6) is 0 Å². The van der Waals surface area contributed by atoms with E-state index in [0.717, 1.165) is 18.5 Å². The molecule has 92 valence electrons. The number of rotatable bonds is 1. The Balaban J connectivity index is 2.00. The molecule has 0 saturated carbocycles. The number of nitrogens with zero attached hydrogens (tertiary/aromatic N) is 2. The van der Waals surface area contributed by atoms with Gasteiger partial charge in [0.05, 0.1) is 11.9 Å². The Morgan fingerprint density at radius 2 is 2.22 bits per heavy atom. The predicted molar refractivity (Wildman–Crippen MR) is 69.4 cm³/mol. The van der Waals surface area contributed by atoms with Crippen LogP contribution in [0.25, 0.3) is 0 Å². The van der Waals surface area contributed by atoms with Gasteiger partial charge in [0.1, 0.15) is 5.69 Å². The molecule has 0 bridgehead atoms. The van der Waals surface area contributed by atoms with Gasteiger partial charge in [-0.3, -0.25) is 9.89 Å². The summed E-state index contributed by atoms with van der Waals surface area (Å²) in [5.41, 5.74) is 8.66. The maximum Gasteiger partial charge on any atom is 0.278 e. The molecule has 1 amide bonds. The number of para-hydroxylation sites is 1. The summed E-state index contributed by atoms with van der Waals surface area (Å²) in [6.45, 7) is 0.717. The van der Waals surface area contributed by atoms with Crippen molar-refractivity contribution in [1.82, 2.24) is 10.2 Å². The molecule has 1 aliphatic heterocycles. The molecular formula is C13H14N4O. The van der Waals surface area contributed by atoms with E-state index in [9.17, 15) is 4.79 Å². The highest BCUT2D eigenvalue weighted by Crippen LogP contribution is 2.28. The van der Waals surface area contributed by atoms with Crippen LogP contribution in [0.1, 0.15) is 22.5 Å². The van der Waals surface area contributed by atoms with Gasteiger partial charge in [-0.15, -0.1) is 0 Å². The van der Waals surface area contributed by atoms with Crippen LogP contribution >= 0.6 is 0 Å². The molecule has 3 N–H and O–H groups in total. The van der Waals surface area contributed by atoms with Crippen molar-refractivity contribution in [1.29, 1.82) is 0 Å². The van der Waals surface area contributed by atoms with Gasteiger partial charge in [-0.2, -0.15) is 5.10 Å². The number of nitrogens with one attached hydrogen (secondary N) is 1. The summed E-state index contributed by atoms with van der Waals surface area (Å²) in [6, 6.07) is 7.97. The lowest BCUT2D eigenvalue weighted by atomic mass is 10.0. The third kappa shape index (κ3) is 1.64. The van der Waals surface area contributed by atoms with E-state index in [1.165, 1.54) is 11.8 Å². The minimum absolute atomic E-state index is 0.114. The average Bonchev–Trinajstić information content (AvgIpc) is 2.83. The molecule has 1 aliphatic rings. The zero-order valence-corrected chi connectivity index (χ0v) is 9.89. The molecule has 0 aliphatic carbocycles. The molecule has 0 unspecified atom stereocenters. The lowest BCUT2D eigenvalue weighted by Crippen LogP contribution is -2.36. The van der Waals surface area contributed by atoms with Gasteiger partial charge >= 0.3 is 0 Å². The number of benzene rings is 1. The maximum absolute atomic E-state index is 12.4. The third-order valence-electron chi connectivity index (χ3n) is 3.24. The highest BCUT2D eigenvalue weighted by molar-refractivity contribution is 6.08. The van der Waals surface area contributed by atoms with E-state index in [-0.39, 0.29) is 5.91 Å². The summed E-state index contributed by atoms with van der Waals surface area (Å²) in [4.78, 5) is 14.2. The van der Waals surface area contributed by atoms with Crippen molar-refractivity contribution in [2.75, 3.05) is 17.2 Å². The van der Waals surface area contributed by atoms with Gasteiger partial charge in [-0.25, -0.2) is 0 Å². The molecule has 0 fully saturated rings. The fraction of sp³-hybridized carbons (Fsp3) is 0.231. The number of aromatic amines is 1. The van der Waals surface area contributed by atoms with E-state index < -0.39 is 0 Å². The first-order valence-electron chi connectivity index (χ1n) is 5.96. The largest absolute Gasteiger partial charge is 0.396 e. The number of hydrogen-bond donors (Lipinski definition) is 2. The Morgan fingerprint density at radius 3 is 3.00 bits per heavy atom. The Bertz CT molecular complexity index is 590. The second-order valence-corrected chi connectivity index (χ2v) is 4.39. The summed E-state index contributed by atoms with van der Waals surface area (Å²) in [5, 5.41) is 6.46. The van der Waals surface area contributed by atoms with Crippen LogP contribution in [0, 0.1) is 0 Å². The number of nitrogen functional groups attached to an aromatic ring is 1. The standard InChI is InChI=1S/C13H14N4O/c14-10-8-15-16-12(10)13(18)17-7-3-5-9-4-1-2-6-11(9)17/h1-2,4,6,8H,3,5,7,14H2,(H,15,16). The number of aryl methyl sites for hydroxylation is 1. The van der Waals surface area contributed by atoms with Crippen LogP contribution in [0.4, 0.5) is 11.4 Å². The molecule has 5 heteroatoms. The summed E-state index contributed by atoms with van der Waals surface area (Å²) in [6.07, 6.45) is 3.44. The second kappa shape index (κ2) is 4.18. The molecule has 0 atom stereocenters. The van der Waals surface area contributed by atoms with Crippen molar-refractivity contribution in [3.8, 4) is 0 Å². The Kier molecular flexibility index (Phi) is 2.51. The van der Waals surface area contributed by atoms with Gasteiger partial charge in [0, 0.05) is 12.2 Å². The predicted octanol–water partition coefficient (Wildman–Crippen LogP) is 1.58. The first-order chi connectivity index (χ1) is 8.77. The van der Waals surface area contributed by atoms with Crippen LogP contribution in [0.15, 0.2) is 30.5 Å². The highest BCUT2D eigenvalue weighted by Gasteiger charge is 2.25. The summed E-state index contributed by atoms with van der Waals surface area (Å²) in [5.74, 6) is -0.114. The van der Waals surface area contributed by atoms with E-state index in [0.29, 0.717) is 17.9 Å². The van der Waals surface area contributed by atoms with Crippen molar-refractivity contribution >= 4 is 17.3 Å². The molecule has 0 radical (unpaired) electrons. The number of H-pyrrole nitrogens is 1. The molecule has 3 rings (SSSR count). The number of fused-ring (bicyclic) bond motifs is 1. The second-order valence-electron chi connectivity index (χ2n) is 4.39. The van der Waals surface area contributed by atoms with Crippen molar-refractivity contribution in [2.45, 2.75) is 12.8 Å². The number of carbonyl (C=O) groups excluding carboxylic acids is 1. The Hall–Kier alpha value is -2.30. The van der Waals surface area contributed by atoms with Crippen LogP contribution in [-0.4, -0.2) is 22.6 Å². The zero-order valence-electron chi connectivity index (χ0n) is 9.89. The number of carbonyl (C=O) groups is 1. The molecule has 5 nitrogen and oxygen atoms in total. The van der Waals surface area contributed by atoms with E-state index >= 15 is 0 Å². The van der Waals surface area contributed by atoms with E-state index in [4.69, 9.17) is 5.73 Å². The zero-order chi connectivity index (χ0) is 12.5. The number of anilines is 2. The summed E-state index contributed by atoms with van der Waals surface area (Å²) in [7, 11) is 0. The van der Waals surface area contributed by atoms with Crippen molar-refractivity contribution in [3.05, 3.63) is 41.7 Å². The molecule has 2 aromatic rings. The normalized spacial score (nSPS) is 14.3. The molecule has 1 aromatic heterocycles. The van der Waals surface area contributed by atoms with Crippen molar-refractivity contribution in [2.24, 2.45) is 0 Å². The molecule has 1 aromatic carbocycles. The fourth-order valence-corrected chi connectivity index (χ4v) is 2.35. The lowest BCUT2D eigenvalue weighted by molar-refractivity contribution is 0.0981.